The Labute approximate surface area is 119 Å². The number of nitrogens with one attached hydrogen (secondary N) is 2. The minimum Gasteiger partial charge on any atom is -0.452 e. The molecule has 0 aliphatic heterocycles. The van der Waals surface area contributed by atoms with Crippen molar-refractivity contribution in [3.05, 3.63) is 73.1 Å². The number of aromatic nitrogens is 6. The molecule has 20 heavy (non-hydrogen) atoms. The van der Waals surface area contributed by atoms with Gasteiger partial charge in [-0.3, -0.25) is 10.1 Å². The average molecular weight is 290 g/mol. The summed E-state index contributed by atoms with van der Waals surface area (Å²) in [7, 11) is 0. The molecule has 0 fully saturated rings. The monoisotopic (exact) mass is 290 g/mol. The van der Waals surface area contributed by atoms with Crippen LogP contribution in [0.15, 0.2) is 77.5 Å². The second-order valence-electron chi connectivity index (χ2n) is 2.88. The largest absolute Gasteiger partial charge is 0.452 e. The van der Waals surface area contributed by atoms with Gasteiger partial charge in [-0.1, -0.05) is 0 Å². The van der Waals surface area contributed by atoms with Gasteiger partial charge in [-0.25, -0.2) is 9.97 Å². The quantitative estimate of drug-likeness (QED) is 0.519. The number of rotatable bonds is 0. The third-order valence-corrected chi connectivity index (χ3v) is 2.03. The van der Waals surface area contributed by atoms with E-state index in [4.69, 9.17) is 0 Å². The average Bonchev–Trinajstić information content (AvgIpc) is 3.40. The van der Waals surface area contributed by atoms with Gasteiger partial charge in [0.05, 0.1) is 18.0 Å². The summed E-state index contributed by atoms with van der Waals surface area (Å²) in [5.41, 5.74) is 1.79. The molecule has 0 aliphatic carbocycles. The Morgan fingerprint density at radius 1 is 0.950 bits per heavy atom. The summed E-state index contributed by atoms with van der Waals surface area (Å²) in [6.45, 7) is 0. The molecule has 0 saturated heterocycles. The topological polar surface area (TPSA) is 96.3 Å². The first-order chi connectivity index (χ1) is 10.0. The minimum absolute atomic E-state index is 1.38. The third-order valence-electron chi connectivity index (χ3n) is 1.51. The molecule has 2 N–H and O–H groups in total. The normalized spacial score (nSPS) is 8.00. The summed E-state index contributed by atoms with van der Waals surface area (Å²) in [6.07, 6.45) is 14.8. The second-order valence-corrected chi connectivity index (χ2v) is 3.63. The molecule has 104 valence electrons. The van der Waals surface area contributed by atoms with Crippen LogP contribution in [0.3, 0.4) is 0 Å². The molecule has 0 aromatic carbocycles. The van der Waals surface area contributed by atoms with E-state index < -0.39 is 0 Å². The fourth-order valence-electron chi connectivity index (χ4n) is 0.782. The first-order valence-corrected chi connectivity index (χ1v) is 6.45. The summed E-state index contributed by atoms with van der Waals surface area (Å²) in [5.74, 6) is 0. The maximum atomic E-state index is 4.47. The fourth-order valence-corrected chi connectivity index (χ4v) is 1.13. The van der Waals surface area contributed by atoms with E-state index in [2.05, 4.69) is 34.6 Å². The van der Waals surface area contributed by atoms with Gasteiger partial charge in [0.1, 0.15) is 6.26 Å². The SMILES string of the molecule is c1c[nH]cn1.c1cn[nH]c1.c1cocn1.c1cscn1. The van der Waals surface area contributed by atoms with Gasteiger partial charge in [0.25, 0.3) is 0 Å². The zero-order valence-corrected chi connectivity index (χ0v) is 11.4. The van der Waals surface area contributed by atoms with E-state index in [1.54, 1.807) is 60.4 Å². The maximum Gasteiger partial charge on any atom is 0.180 e. The molecular weight excluding hydrogens is 276 g/mol. The standard InChI is InChI=1S/2C3H4N2.C3H3NO.C3H3NS/c1-2-5-3-4-1;1-2-4-5-3-1;2*1-2-5-3-4-1/h2*1-3H,(H,4,5);2*1-3H. The number of thiazole rings is 1. The summed E-state index contributed by atoms with van der Waals surface area (Å²) in [6, 6.07) is 1.83. The molecule has 0 spiro atoms. The van der Waals surface area contributed by atoms with E-state index in [9.17, 15) is 0 Å². The highest BCUT2D eigenvalue weighted by molar-refractivity contribution is 7.07. The van der Waals surface area contributed by atoms with E-state index in [-0.39, 0.29) is 0 Å². The van der Waals surface area contributed by atoms with Crippen molar-refractivity contribution in [3.63, 3.8) is 0 Å². The molecule has 7 nitrogen and oxygen atoms in total. The summed E-state index contributed by atoms with van der Waals surface area (Å²) >= 11 is 1.60. The summed E-state index contributed by atoms with van der Waals surface area (Å²) in [5, 5.41) is 8.14. The lowest BCUT2D eigenvalue weighted by Gasteiger charge is -1.49. The van der Waals surface area contributed by atoms with Crippen LogP contribution in [0, 0.1) is 0 Å². The molecule has 0 radical (unpaired) electrons. The first kappa shape index (κ1) is 15.3. The molecule has 0 amide bonds. The Kier molecular flexibility index (Phi) is 9.73. The van der Waals surface area contributed by atoms with E-state index in [0.717, 1.165) is 0 Å². The van der Waals surface area contributed by atoms with Crippen LogP contribution in [-0.4, -0.2) is 30.1 Å². The molecule has 0 unspecified atom stereocenters. The zero-order valence-electron chi connectivity index (χ0n) is 10.5. The van der Waals surface area contributed by atoms with Crippen LogP contribution >= 0.6 is 11.3 Å². The van der Waals surface area contributed by atoms with Crippen molar-refractivity contribution in [1.82, 2.24) is 30.1 Å². The van der Waals surface area contributed by atoms with Crippen LogP contribution in [0.4, 0.5) is 0 Å². The van der Waals surface area contributed by atoms with Crippen LogP contribution in [0.1, 0.15) is 0 Å². The first-order valence-electron chi connectivity index (χ1n) is 5.51. The van der Waals surface area contributed by atoms with Gasteiger partial charge in [0.15, 0.2) is 6.39 Å². The van der Waals surface area contributed by atoms with Crippen LogP contribution in [0.25, 0.3) is 0 Å². The Morgan fingerprint density at radius 3 is 2.15 bits per heavy atom. The molecule has 4 aromatic heterocycles. The van der Waals surface area contributed by atoms with E-state index in [0.29, 0.717) is 0 Å². The van der Waals surface area contributed by atoms with E-state index >= 15 is 0 Å². The molecule has 0 bridgehead atoms. The Bertz CT molecular complexity index is 359. The van der Waals surface area contributed by atoms with Crippen LogP contribution in [0.5, 0.6) is 0 Å². The Morgan fingerprint density at radius 2 is 1.95 bits per heavy atom. The van der Waals surface area contributed by atoms with Gasteiger partial charge in [-0.15, -0.1) is 11.3 Å². The lowest BCUT2D eigenvalue weighted by atomic mass is 10.8. The van der Waals surface area contributed by atoms with Crippen LogP contribution in [0.2, 0.25) is 0 Å². The van der Waals surface area contributed by atoms with Gasteiger partial charge >= 0.3 is 0 Å². The number of aromatic amines is 2. The third kappa shape index (κ3) is 10.4. The molecule has 0 aliphatic rings. The van der Waals surface area contributed by atoms with Gasteiger partial charge in [-0.05, 0) is 6.07 Å². The van der Waals surface area contributed by atoms with Crippen molar-refractivity contribution in [2.24, 2.45) is 0 Å². The van der Waals surface area contributed by atoms with E-state index in [1.165, 1.54) is 12.7 Å². The van der Waals surface area contributed by atoms with Crippen molar-refractivity contribution in [3.8, 4) is 0 Å². The second kappa shape index (κ2) is 12.7. The number of hydrogen-bond acceptors (Lipinski definition) is 6. The Hall–Kier alpha value is -2.74. The molecule has 4 aromatic rings. The number of H-pyrrole nitrogens is 2. The number of nitrogens with zero attached hydrogens (tertiary/aromatic N) is 4. The van der Waals surface area contributed by atoms with Gasteiger partial charge in [0, 0.05) is 36.4 Å². The van der Waals surface area contributed by atoms with Crippen molar-refractivity contribution < 1.29 is 4.42 Å². The number of oxazole rings is 1. The lowest BCUT2D eigenvalue weighted by Crippen LogP contribution is -1.53. The highest BCUT2D eigenvalue weighted by Gasteiger charge is 1.60. The molecule has 4 heterocycles. The number of imidazole rings is 1. The van der Waals surface area contributed by atoms with E-state index in [1.807, 2.05) is 11.4 Å². The lowest BCUT2D eigenvalue weighted by molar-refractivity contribution is 0.558. The Balaban J connectivity index is 0.000000133. The zero-order chi connectivity index (χ0) is 14.1. The van der Waals surface area contributed by atoms with Crippen molar-refractivity contribution in [1.29, 1.82) is 0 Å². The molecule has 8 heteroatoms. The highest BCUT2D eigenvalue weighted by atomic mass is 32.1. The van der Waals surface area contributed by atoms with Crippen molar-refractivity contribution >= 4 is 11.3 Å². The fraction of sp³-hybridized carbons (Fsp3) is 0. The predicted octanol–water partition coefficient (Wildman–Crippen LogP) is 2.64. The minimum atomic E-state index is 1.38. The van der Waals surface area contributed by atoms with Crippen LogP contribution < -0.4 is 0 Å². The maximum absolute atomic E-state index is 4.47. The molecule has 0 saturated carbocycles. The van der Waals surface area contributed by atoms with Crippen LogP contribution in [-0.2, 0) is 0 Å². The molecule has 4 rings (SSSR count). The predicted molar refractivity (Wildman–Crippen MR) is 75.8 cm³/mol. The number of hydrogen-bond donors (Lipinski definition) is 2. The summed E-state index contributed by atoms with van der Waals surface area (Å²) in [4.78, 5) is 13.7. The molecular formula is C12H14N6OS. The molecule has 0 atom stereocenters. The summed E-state index contributed by atoms with van der Waals surface area (Å²) < 4.78 is 4.47. The van der Waals surface area contributed by atoms with Crippen molar-refractivity contribution in [2.45, 2.75) is 0 Å². The van der Waals surface area contributed by atoms with Crippen molar-refractivity contribution in [2.75, 3.05) is 0 Å². The van der Waals surface area contributed by atoms with Gasteiger partial charge in [0.2, 0.25) is 0 Å². The highest BCUT2D eigenvalue weighted by Crippen LogP contribution is 1.85. The van der Waals surface area contributed by atoms with Gasteiger partial charge < -0.3 is 9.40 Å². The smallest absolute Gasteiger partial charge is 0.180 e. The van der Waals surface area contributed by atoms with Gasteiger partial charge in [-0.2, -0.15) is 5.10 Å².